The molecule has 4 rings (SSSR count). The van der Waals surface area contributed by atoms with Crippen molar-refractivity contribution in [2.24, 2.45) is 5.41 Å². The average Bonchev–Trinajstić information content (AvgIpc) is 2.73. The number of nitrogens with zero attached hydrogens (tertiary/aromatic N) is 2. The average molecular weight is 430 g/mol. The Labute approximate surface area is 179 Å². The topological polar surface area (TPSA) is 62.3 Å². The van der Waals surface area contributed by atoms with E-state index in [1.807, 2.05) is 0 Å². The number of amides is 1. The lowest BCUT2D eigenvalue weighted by molar-refractivity contribution is -0.118. The Bertz CT molecular complexity index is 1040. The molecule has 29 heavy (non-hydrogen) atoms. The van der Waals surface area contributed by atoms with Crippen LogP contribution in [0.2, 0.25) is 10.0 Å². The fourth-order valence-corrected chi connectivity index (χ4v) is 4.83. The van der Waals surface area contributed by atoms with Gasteiger partial charge in [0.05, 0.1) is 23.6 Å². The van der Waals surface area contributed by atoms with Crippen LogP contribution >= 0.6 is 23.2 Å². The van der Waals surface area contributed by atoms with Crippen LogP contribution in [0.25, 0.3) is 0 Å². The van der Waals surface area contributed by atoms with Crippen molar-refractivity contribution in [2.45, 2.75) is 39.7 Å². The minimum atomic E-state index is -0.626. The van der Waals surface area contributed by atoms with Crippen LogP contribution in [-0.2, 0) is 9.59 Å². The third-order valence-electron chi connectivity index (χ3n) is 5.33. The lowest BCUT2D eigenvalue weighted by Gasteiger charge is -2.36. The first-order chi connectivity index (χ1) is 13.7. The summed E-state index contributed by atoms with van der Waals surface area (Å²) in [6, 6.07) is 6.31. The number of hydrogen-bond acceptors (Lipinski definition) is 4. The molecule has 2 heterocycles. The minimum absolute atomic E-state index is 0.0110. The SMILES string of the molecule is CC(=O)N1c2ccncc2NC2=C(C(=O)CC(C)(C)C2)C1c1cc(Cl)cc(Cl)c1. The molecule has 0 saturated carbocycles. The van der Waals surface area contributed by atoms with E-state index >= 15 is 0 Å². The Balaban J connectivity index is 2.03. The normalized spacial score (nSPS) is 20.5. The van der Waals surface area contributed by atoms with Gasteiger partial charge in [-0.3, -0.25) is 19.5 Å². The molecular formula is C22H21Cl2N3O2. The van der Waals surface area contributed by atoms with Gasteiger partial charge in [-0.1, -0.05) is 37.0 Å². The predicted octanol–water partition coefficient (Wildman–Crippen LogP) is 5.55. The molecule has 2 aromatic rings. The molecule has 1 aliphatic carbocycles. The maximum atomic E-state index is 13.4. The molecule has 0 bridgehead atoms. The smallest absolute Gasteiger partial charge is 0.224 e. The number of ketones is 1. The van der Waals surface area contributed by atoms with E-state index in [1.165, 1.54) is 6.92 Å². The summed E-state index contributed by atoms with van der Waals surface area (Å²) in [5.41, 5.74) is 3.25. The van der Waals surface area contributed by atoms with Crippen LogP contribution < -0.4 is 10.2 Å². The maximum absolute atomic E-state index is 13.4. The van der Waals surface area contributed by atoms with Crippen molar-refractivity contribution < 1.29 is 9.59 Å². The molecule has 5 nitrogen and oxygen atoms in total. The van der Waals surface area contributed by atoms with Gasteiger partial charge in [0.2, 0.25) is 5.91 Å². The second kappa shape index (κ2) is 7.15. The first-order valence-electron chi connectivity index (χ1n) is 9.39. The first kappa shape index (κ1) is 19.9. The zero-order valence-electron chi connectivity index (χ0n) is 16.4. The van der Waals surface area contributed by atoms with Crippen molar-refractivity contribution in [2.75, 3.05) is 10.2 Å². The Morgan fingerprint density at radius 2 is 1.90 bits per heavy atom. The molecule has 1 aromatic carbocycles. The molecule has 7 heteroatoms. The summed E-state index contributed by atoms with van der Waals surface area (Å²) in [5, 5.41) is 4.30. The van der Waals surface area contributed by atoms with Gasteiger partial charge in [-0.05, 0) is 41.7 Å². The molecule has 0 fully saturated rings. The summed E-state index contributed by atoms with van der Waals surface area (Å²) in [6.45, 7) is 5.63. The van der Waals surface area contributed by atoms with Gasteiger partial charge >= 0.3 is 0 Å². The molecule has 1 atom stereocenters. The molecule has 2 aliphatic rings. The number of carbonyl (C=O) groups is 2. The zero-order valence-corrected chi connectivity index (χ0v) is 17.9. The molecule has 150 valence electrons. The van der Waals surface area contributed by atoms with Crippen molar-refractivity contribution >= 4 is 46.3 Å². The third kappa shape index (κ3) is 3.65. The van der Waals surface area contributed by atoms with Gasteiger partial charge in [-0.15, -0.1) is 0 Å². The van der Waals surface area contributed by atoms with Gasteiger partial charge in [0.15, 0.2) is 5.78 Å². The Kier molecular flexibility index (Phi) is 4.91. The first-order valence-corrected chi connectivity index (χ1v) is 10.1. The second-order valence-electron chi connectivity index (χ2n) is 8.35. The number of aromatic nitrogens is 1. The molecule has 1 N–H and O–H groups in total. The van der Waals surface area contributed by atoms with Crippen molar-refractivity contribution in [3.8, 4) is 0 Å². The standard InChI is InChI=1S/C22H21Cl2N3O2/c1-12(28)27-18-4-5-25-11-17(18)26-16-9-22(2,3)10-19(29)20(16)21(27)13-6-14(23)8-15(24)7-13/h4-8,11,21,26H,9-10H2,1-3H3. The highest BCUT2D eigenvalue weighted by molar-refractivity contribution is 6.34. The summed E-state index contributed by atoms with van der Waals surface area (Å²) >= 11 is 12.6. The van der Waals surface area contributed by atoms with E-state index in [4.69, 9.17) is 23.2 Å². The van der Waals surface area contributed by atoms with Crippen LogP contribution in [0, 0.1) is 5.41 Å². The number of hydrogen-bond donors (Lipinski definition) is 1. The Morgan fingerprint density at radius 1 is 1.21 bits per heavy atom. The van der Waals surface area contributed by atoms with E-state index in [0.29, 0.717) is 45.4 Å². The lowest BCUT2D eigenvalue weighted by Crippen LogP contribution is -2.38. The van der Waals surface area contributed by atoms with Crippen LogP contribution in [0.3, 0.4) is 0 Å². The van der Waals surface area contributed by atoms with E-state index in [0.717, 1.165) is 5.70 Å². The van der Waals surface area contributed by atoms with Gasteiger partial charge in [0.25, 0.3) is 0 Å². The van der Waals surface area contributed by atoms with Crippen LogP contribution in [0.15, 0.2) is 47.9 Å². The summed E-state index contributed by atoms with van der Waals surface area (Å²) < 4.78 is 0. The highest BCUT2D eigenvalue weighted by atomic mass is 35.5. The highest BCUT2D eigenvalue weighted by Crippen LogP contribution is 2.48. The van der Waals surface area contributed by atoms with Gasteiger partial charge in [-0.25, -0.2) is 0 Å². The number of carbonyl (C=O) groups excluding carboxylic acids is 2. The van der Waals surface area contributed by atoms with E-state index < -0.39 is 6.04 Å². The molecule has 1 unspecified atom stereocenters. The van der Waals surface area contributed by atoms with E-state index in [2.05, 4.69) is 24.1 Å². The van der Waals surface area contributed by atoms with Crippen molar-refractivity contribution in [1.29, 1.82) is 0 Å². The lowest BCUT2D eigenvalue weighted by atomic mass is 9.73. The number of pyridine rings is 1. The number of benzene rings is 1. The molecular weight excluding hydrogens is 409 g/mol. The highest BCUT2D eigenvalue weighted by Gasteiger charge is 2.42. The molecule has 1 aromatic heterocycles. The number of nitrogens with one attached hydrogen (secondary N) is 1. The van der Waals surface area contributed by atoms with Crippen molar-refractivity contribution in [3.63, 3.8) is 0 Å². The van der Waals surface area contributed by atoms with E-state index in [-0.39, 0.29) is 17.1 Å². The molecule has 1 amide bonds. The fraction of sp³-hybridized carbons (Fsp3) is 0.318. The number of halogens is 2. The van der Waals surface area contributed by atoms with Gasteiger partial charge in [0, 0.05) is 40.9 Å². The summed E-state index contributed by atoms with van der Waals surface area (Å²) in [6.07, 6.45) is 4.39. The van der Waals surface area contributed by atoms with E-state index in [1.54, 1.807) is 41.6 Å². The van der Waals surface area contributed by atoms with Gasteiger partial charge in [0.1, 0.15) is 0 Å². The fourth-order valence-electron chi connectivity index (χ4n) is 4.29. The second-order valence-corrected chi connectivity index (χ2v) is 9.22. The number of allylic oxidation sites excluding steroid dienone is 1. The maximum Gasteiger partial charge on any atom is 0.224 e. The molecule has 0 spiro atoms. The van der Waals surface area contributed by atoms with Crippen molar-refractivity contribution in [1.82, 2.24) is 4.98 Å². The largest absolute Gasteiger partial charge is 0.356 e. The quantitative estimate of drug-likeness (QED) is 0.644. The zero-order chi connectivity index (χ0) is 20.9. The summed E-state index contributed by atoms with van der Waals surface area (Å²) in [7, 11) is 0. The number of anilines is 2. The van der Waals surface area contributed by atoms with Crippen LogP contribution in [0.5, 0.6) is 0 Å². The number of Topliss-reactive ketones (excluding diaryl/α,β-unsaturated/α-hetero) is 1. The predicted molar refractivity (Wildman–Crippen MR) is 115 cm³/mol. The molecule has 1 aliphatic heterocycles. The number of rotatable bonds is 1. The van der Waals surface area contributed by atoms with E-state index in [9.17, 15) is 9.59 Å². The number of fused-ring (bicyclic) bond motifs is 1. The third-order valence-corrected chi connectivity index (χ3v) is 5.77. The monoisotopic (exact) mass is 429 g/mol. The van der Waals surface area contributed by atoms with Crippen LogP contribution in [0.1, 0.15) is 45.2 Å². The van der Waals surface area contributed by atoms with Crippen LogP contribution in [0.4, 0.5) is 11.4 Å². The molecule has 0 saturated heterocycles. The minimum Gasteiger partial charge on any atom is -0.356 e. The molecule has 0 radical (unpaired) electrons. The van der Waals surface area contributed by atoms with Crippen LogP contribution in [-0.4, -0.2) is 16.7 Å². The summed E-state index contributed by atoms with van der Waals surface area (Å²) in [4.78, 5) is 32.0. The summed E-state index contributed by atoms with van der Waals surface area (Å²) in [5.74, 6) is -0.177. The Morgan fingerprint density at radius 3 is 2.55 bits per heavy atom. The van der Waals surface area contributed by atoms with Gasteiger partial charge < -0.3 is 5.32 Å². The van der Waals surface area contributed by atoms with Gasteiger partial charge in [-0.2, -0.15) is 0 Å². The van der Waals surface area contributed by atoms with Crippen molar-refractivity contribution in [3.05, 3.63) is 63.5 Å². The Hall–Kier alpha value is -2.37.